The van der Waals surface area contributed by atoms with E-state index in [1.54, 1.807) is 0 Å². The summed E-state index contributed by atoms with van der Waals surface area (Å²) in [5, 5.41) is 12.8. The summed E-state index contributed by atoms with van der Waals surface area (Å²) in [5.74, 6) is -0.808. The number of hydrogen-bond acceptors (Lipinski definition) is 7. The molecule has 1 saturated heterocycles. The lowest BCUT2D eigenvalue weighted by Crippen LogP contribution is -2.46. The average Bonchev–Trinajstić information content (AvgIpc) is 3.09. The van der Waals surface area contributed by atoms with Crippen LogP contribution in [0.15, 0.2) is 24.3 Å². The van der Waals surface area contributed by atoms with E-state index < -0.39 is 28.9 Å². The van der Waals surface area contributed by atoms with Gasteiger partial charge in [-0.05, 0) is 25.0 Å². The zero-order valence-electron chi connectivity index (χ0n) is 13.5. The molecule has 0 aliphatic carbocycles. The average molecular weight is 351 g/mol. The van der Waals surface area contributed by atoms with Crippen molar-refractivity contribution in [2.24, 2.45) is 0 Å². The largest absolute Gasteiger partial charge is 0.467 e. The highest BCUT2D eigenvalue weighted by molar-refractivity contribution is 5.88. The van der Waals surface area contributed by atoms with Gasteiger partial charge in [-0.2, -0.15) is 0 Å². The number of methoxy groups -OCH3 is 1. The van der Waals surface area contributed by atoms with Gasteiger partial charge in [0.25, 0.3) is 5.69 Å². The maximum atomic E-state index is 12.1. The molecule has 0 saturated carbocycles. The van der Waals surface area contributed by atoms with E-state index in [4.69, 9.17) is 4.74 Å². The molecule has 0 bridgehead atoms. The van der Waals surface area contributed by atoms with Gasteiger partial charge in [-0.3, -0.25) is 14.9 Å². The standard InChI is InChI=1S/C15H17N3O7/c1-24-14(20)12-3-2-8-17(12)13(19)9-16-15(21)25-11-6-4-10(5-7-11)18(22)23/h4-7,12H,2-3,8-9H2,1H3,(H,16,21)/t12-/m0/s1. The zero-order chi connectivity index (χ0) is 18.4. The van der Waals surface area contributed by atoms with E-state index in [2.05, 4.69) is 10.1 Å². The van der Waals surface area contributed by atoms with Gasteiger partial charge in [0.1, 0.15) is 18.3 Å². The van der Waals surface area contributed by atoms with E-state index in [-0.39, 0.29) is 18.0 Å². The normalized spacial score (nSPS) is 16.2. The van der Waals surface area contributed by atoms with Crippen molar-refractivity contribution in [3.63, 3.8) is 0 Å². The third kappa shape index (κ3) is 4.66. The van der Waals surface area contributed by atoms with Crippen molar-refractivity contribution in [3.05, 3.63) is 34.4 Å². The Morgan fingerprint density at radius 3 is 2.60 bits per heavy atom. The van der Waals surface area contributed by atoms with E-state index in [1.165, 1.54) is 36.3 Å². The molecule has 0 unspecified atom stereocenters. The number of carbonyl (C=O) groups excluding carboxylic acids is 3. The Labute approximate surface area is 142 Å². The topological polar surface area (TPSA) is 128 Å². The molecule has 1 N–H and O–H groups in total. The molecule has 1 aromatic carbocycles. The van der Waals surface area contributed by atoms with Gasteiger partial charge in [-0.15, -0.1) is 0 Å². The van der Waals surface area contributed by atoms with Crippen LogP contribution in [0.3, 0.4) is 0 Å². The van der Waals surface area contributed by atoms with Gasteiger partial charge >= 0.3 is 12.1 Å². The summed E-state index contributed by atoms with van der Waals surface area (Å²) in [6.07, 6.45) is 0.320. The molecule has 0 aromatic heterocycles. The molecule has 134 valence electrons. The maximum Gasteiger partial charge on any atom is 0.413 e. The highest BCUT2D eigenvalue weighted by atomic mass is 16.6. The van der Waals surface area contributed by atoms with Crippen LogP contribution in [0.4, 0.5) is 10.5 Å². The fourth-order valence-corrected chi connectivity index (χ4v) is 2.47. The Balaban J connectivity index is 1.84. The number of esters is 1. The molecule has 25 heavy (non-hydrogen) atoms. The molecule has 2 rings (SSSR count). The van der Waals surface area contributed by atoms with Crippen LogP contribution >= 0.6 is 0 Å². The number of ether oxygens (including phenoxy) is 2. The summed E-state index contributed by atoms with van der Waals surface area (Å²) < 4.78 is 9.58. The van der Waals surface area contributed by atoms with Crippen molar-refractivity contribution < 1.29 is 28.8 Å². The molecule has 10 heteroatoms. The summed E-state index contributed by atoms with van der Waals surface area (Å²) >= 11 is 0. The first-order valence-electron chi connectivity index (χ1n) is 7.50. The molecule has 0 spiro atoms. The number of rotatable bonds is 5. The van der Waals surface area contributed by atoms with Crippen molar-refractivity contribution in [1.82, 2.24) is 10.2 Å². The second-order valence-corrected chi connectivity index (χ2v) is 5.26. The second-order valence-electron chi connectivity index (χ2n) is 5.26. The number of nitrogens with one attached hydrogen (secondary N) is 1. The molecule has 2 amide bonds. The van der Waals surface area contributed by atoms with Gasteiger partial charge in [0, 0.05) is 18.7 Å². The van der Waals surface area contributed by atoms with Gasteiger partial charge in [-0.25, -0.2) is 9.59 Å². The third-order valence-corrected chi connectivity index (χ3v) is 3.69. The van der Waals surface area contributed by atoms with Crippen LogP contribution in [-0.2, 0) is 14.3 Å². The van der Waals surface area contributed by atoms with Crippen LogP contribution in [-0.4, -0.2) is 54.0 Å². The predicted molar refractivity (Wildman–Crippen MR) is 83.9 cm³/mol. The number of amides is 2. The van der Waals surface area contributed by atoms with Crippen LogP contribution in [0.1, 0.15) is 12.8 Å². The molecule has 1 heterocycles. The molecule has 1 fully saturated rings. The number of carbonyl (C=O) groups is 3. The van der Waals surface area contributed by atoms with E-state index in [1.807, 2.05) is 0 Å². The highest BCUT2D eigenvalue weighted by Crippen LogP contribution is 2.19. The molecular formula is C15H17N3O7. The molecule has 0 radical (unpaired) electrons. The van der Waals surface area contributed by atoms with Crippen LogP contribution in [0.2, 0.25) is 0 Å². The summed E-state index contributed by atoms with van der Waals surface area (Å²) in [6.45, 7) is 0.0803. The minimum Gasteiger partial charge on any atom is -0.467 e. The molecular weight excluding hydrogens is 334 g/mol. The lowest BCUT2D eigenvalue weighted by molar-refractivity contribution is -0.384. The number of hydrogen-bond donors (Lipinski definition) is 1. The second kappa shape index (κ2) is 8.08. The van der Waals surface area contributed by atoms with Gasteiger partial charge in [-0.1, -0.05) is 0 Å². The number of non-ortho nitro benzene ring substituents is 1. The van der Waals surface area contributed by atoms with Gasteiger partial charge in [0.15, 0.2) is 0 Å². The van der Waals surface area contributed by atoms with Crippen LogP contribution < -0.4 is 10.1 Å². The number of nitrogens with zero attached hydrogens (tertiary/aromatic N) is 2. The highest BCUT2D eigenvalue weighted by Gasteiger charge is 2.34. The van der Waals surface area contributed by atoms with E-state index in [9.17, 15) is 24.5 Å². The van der Waals surface area contributed by atoms with Crippen molar-refractivity contribution in [1.29, 1.82) is 0 Å². The number of likely N-dealkylation sites (tertiary alicyclic amines) is 1. The Morgan fingerprint density at radius 2 is 2.00 bits per heavy atom. The summed E-state index contributed by atoms with van der Waals surface area (Å²) in [5.41, 5.74) is -0.133. The quantitative estimate of drug-likeness (QED) is 0.473. The molecule has 1 aliphatic rings. The Kier molecular flexibility index (Phi) is 5.88. The number of nitro groups is 1. The van der Waals surface area contributed by atoms with Crippen molar-refractivity contribution >= 4 is 23.7 Å². The third-order valence-electron chi connectivity index (χ3n) is 3.69. The first kappa shape index (κ1) is 18.2. The summed E-state index contributed by atoms with van der Waals surface area (Å²) in [7, 11) is 1.25. The van der Waals surface area contributed by atoms with E-state index >= 15 is 0 Å². The lowest BCUT2D eigenvalue weighted by Gasteiger charge is -2.22. The van der Waals surface area contributed by atoms with Crippen molar-refractivity contribution in [2.45, 2.75) is 18.9 Å². The zero-order valence-corrected chi connectivity index (χ0v) is 13.5. The minimum atomic E-state index is -0.879. The number of nitro benzene ring substituents is 1. The van der Waals surface area contributed by atoms with E-state index in [0.717, 1.165) is 0 Å². The summed E-state index contributed by atoms with van der Waals surface area (Å²) in [6, 6.07) is 4.29. The maximum absolute atomic E-state index is 12.1. The fourth-order valence-electron chi connectivity index (χ4n) is 2.47. The first-order valence-corrected chi connectivity index (χ1v) is 7.50. The lowest BCUT2D eigenvalue weighted by atomic mass is 10.2. The summed E-state index contributed by atoms with van der Waals surface area (Å²) in [4.78, 5) is 46.8. The predicted octanol–water partition coefficient (Wildman–Crippen LogP) is 0.847. The van der Waals surface area contributed by atoms with Gasteiger partial charge in [0.2, 0.25) is 5.91 Å². The van der Waals surface area contributed by atoms with Gasteiger partial charge in [0.05, 0.1) is 12.0 Å². The van der Waals surface area contributed by atoms with Crippen LogP contribution in [0.5, 0.6) is 5.75 Å². The van der Waals surface area contributed by atoms with Gasteiger partial charge < -0.3 is 19.7 Å². The Morgan fingerprint density at radius 1 is 1.32 bits per heavy atom. The van der Waals surface area contributed by atoms with Crippen LogP contribution in [0, 0.1) is 10.1 Å². The molecule has 1 atom stereocenters. The minimum absolute atomic E-state index is 0.101. The smallest absolute Gasteiger partial charge is 0.413 e. The van der Waals surface area contributed by atoms with E-state index in [0.29, 0.717) is 19.4 Å². The molecule has 1 aliphatic heterocycles. The van der Waals surface area contributed by atoms with Crippen molar-refractivity contribution in [3.8, 4) is 5.75 Å². The monoisotopic (exact) mass is 351 g/mol. The fraction of sp³-hybridized carbons (Fsp3) is 0.400. The Bertz CT molecular complexity index is 674. The number of benzene rings is 1. The molecule has 1 aromatic rings. The Hall–Kier alpha value is -3.17. The molecule has 10 nitrogen and oxygen atoms in total. The first-order chi connectivity index (χ1) is 11.9. The SMILES string of the molecule is COC(=O)[C@@H]1CCCN1C(=O)CNC(=O)Oc1ccc([N+](=O)[O-])cc1. The van der Waals surface area contributed by atoms with Crippen LogP contribution in [0.25, 0.3) is 0 Å². The van der Waals surface area contributed by atoms with Crippen molar-refractivity contribution in [2.75, 3.05) is 20.2 Å².